The molecule has 2 heterocycles. The molecule has 1 aromatic rings. The fourth-order valence-electron chi connectivity index (χ4n) is 2.23. The molecule has 0 aliphatic carbocycles. The summed E-state index contributed by atoms with van der Waals surface area (Å²) in [5, 5.41) is 3.63. The third-order valence-corrected chi connectivity index (χ3v) is 3.78. The van der Waals surface area contributed by atoms with Gasteiger partial charge in [0.2, 0.25) is 5.95 Å². The molecule has 1 fully saturated rings. The highest BCUT2D eigenvalue weighted by Crippen LogP contribution is 2.20. The van der Waals surface area contributed by atoms with E-state index in [9.17, 15) is 4.79 Å². The van der Waals surface area contributed by atoms with Gasteiger partial charge in [-0.25, -0.2) is 14.8 Å². The van der Waals surface area contributed by atoms with Crippen molar-refractivity contribution in [2.75, 3.05) is 25.0 Å². The van der Waals surface area contributed by atoms with E-state index in [0.29, 0.717) is 30.1 Å². The smallest absolute Gasteiger partial charge is 0.410 e. The molecule has 1 aliphatic rings. The second kappa shape index (κ2) is 6.69. The van der Waals surface area contributed by atoms with Crippen molar-refractivity contribution < 1.29 is 9.53 Å². The zero-order valence-corrected chi connectivity index (χ0v) is 14.3. The van der Waals surface area contributed by atoms with E-state index in [1.54, 1.807) is 11.1 Å². The van der Waals surface area contributed by atoms with Gasteiger partial charge in [-0.15, -0.1) is 0 Å². The van der Waals surface area contributed by atoms with Crippen LogP contribution in [0.4, 0.5) is 10.7 Å². The first-order chi connectivity index (χ1) is 10.2. The number of hydrogen-bond donors (Lipinski definition) is 1. The number of halogens is 1. The van der Waals surface area contributed by atoms with E-state index >= 15 is 0 Å². The van der Waals surface area contributed by atoms with Gasteiger partial charge >= 0.3 is 6.09 Å². The second-order valence-electron chi connectivity index (χ2n) is 6.63. The molecule has 2 rings (SSSR count). The van der Waals surface area contributed by atoms with Gasteiger partial charge < -0.3 is 15.0 Å². The van der Waals surface area contributed by atoms with Crippen LogP contribution in [0, 0.1) is 12.8 Å². The summed E-state index contributed by atoms with van der Waals surface area (Å²) in [7, 11) is 0. The van der Waals surface area contributed by atoms with Crippen LogP contribution in [-0.4, -0.2) is 46.2 Å². The average Bonchev–Trinajstić information content (AvgIpc) is 2.87. The molecule has 122 valence electrons. The van der Waals surface area contributed by atoms with Crippen LogP contribution in [0.25, 0.3) is 0 Å². The van der Waals surface area contributed by atoms with E-state index in [4.69, 9.17) is 16.3 Å². The van der Waals surface area contributed by atoms with Crippen molar-refractivity contribution in [1.82, 2.24) is 14.9 Å². The molecule has 0 bridgehead atoms. The van der Waals surface area contributed by atoms with Crippen molar-refractivity contribution in [1.29, 1.82) is 0 Å². The number of ether oxygens (including phenoxy) is 1. The highest BCUT2D eigenvalue weighted by Gasteiger charge is 2.29. The number of aromatic nitrogens is 2. The largest absolute Gasteiger partial charge is 0.444 e. The SMILES string of the molecule is Cc1cnc(NC[C@H]2CCN(C(=O)OC(C)(C)C)C2)nc1Cl. The van der Waals surface area contributed by atoms with E-state index in [-0.39, 0.29) is 6.09 Å². The molecule has 0 unspecified atom stereocenters. The zero-order chi connectivity index (χ0) is 16.3. The monoisotopic (exact) mass is 326 g/mol. The quantitative estimate of drug-likeness (QED) is 0.864. The van der Waals surface area contributed by atoms with Crippen molar-refractivity contribution in [3.63, 3.8) is 0 Å². The lowest BCUT2D eigenvalue weighted by Gasteiger charge is -2.24. The summed E-state index contributed by atoms with van der Waals surface area (Å²) in [4.78, 5) is 22.1. The summed E-state index contributed by atoms with van der Waals surface area (Å²) in [6, 6.07) is 0. The summed E-state index contributed by atoms with van der Waals surface area (Å²) >= 11 is 5.97. The minimum Gasteiger partial charge on any atom is -0.444 e. The minimum atomic E-state index is -0.458. The van der Waals surface area contributed by atoms with Crippen molar-refractivity contribution in [2.24, 2.45) is 5.92 Å². The Morgan fingerprint density at radius 1 is 1.55 bits per heavy atom. The van der Waals surface area contributed by atoms with Crippen LogP contribution in [0.2, 0.25) is 5.15 Å². The molecule has 1 aromatic heterocycles. The summed E-state index contributed by atoms with van der Waals surface area (Å²) in [6.45, 7) is 9.59. The van der Waals surface area contributed by atoms with E-state index in [1.807, 2.05) is 27.7 Å². The number of likely N-dealkylation sites (tertiary alicyclic amines) is 1. The molecule has 1 amide bonds. The summed E-state index contributed by atoms with van der Waals surface area (Å²) in [5.74, 6) is 0.877. The summed E-state index contributed by atoms with van der Waals surface area (Å²) in [5.41, 5.74) is 0.393. The third-order valence-electron chi connectivity index (χ3n) is 3.40. The summed E-state index contributed by atoms with van der Waals surface area (Å²) < 4.78 is 5.39. The first-order valence-electron chi connectivity index (χ1n) is 7.45. The van der Waals surface area contributed by atoms with Gasteiger partial charge in [-0.1, -0.05) is 11.6 Å². The maximum Gasteiger partial charge on any atom is 0.410 e. The van der Waals surface area contributed by atoms with Crippen LogP contribution in [0.15, 0.2) is 6.20 Å². The van der Waals surface area contributed by atoms with Gasteiger partial charge in [-0.3, -0.25) is 0 Å². The predicted octanol–water partition coefficient (Wildman–Crippen LogP) is 3.11. The number of rotatable bonds is 3. The van der Waals surface area contributed by atoms with Gasteiger partial charge in [0.25, 0.3) is 0 Å². The Morgan fingerprint density at radius 3 is 2.91 bits per heavy atom. The van der Waals surface area contributed by atoms with Crippen LogP contribution < -0.4 is 5.32 Å². The van der Waals surface area contributed by atoms with Gasteiger partial charge in [-0.05, 0) is 40.0 Å². The normalized spacial score (nSPS) is 18.4. The number of carbonyl (C=O) groups is 1. The fraction of sp³-hybridized carbons (Fsp3) is 0.667. The Hall–Kier alpha value is -1.56. The Labute approximate surface area is 136 Å². The third kappa shape index (κ3) is 4.73. The van der Waals surface area contributed by atoms with Crippen molar-refractivity contribution in [3.05, 3.63) is 16.9 Å². The minimum absolute atomic E-state index is 0.246. The Morgan fingerprint density at radius 2 is 2.27 bits per heavy atom. The van der Waals surface area contributed by atoms with Crippen LogP contribution in [0.5, 0.6) is 0 Å². The topological polar surface area (TPSA) is 67.4 Å². The van der Waals surface area contributed by atoms with E-state index in [1.165, 1.54) is 0 Å². The molecule has 7 heteroatoms. The highest BCUT2D eigenvalue weighted by atomic mass is 35.5. The Kier molecular flexibility index (Phi) is 5.11. The van der Waals surface area contributed by atoms with E-state index < -0.39 is 5.60 Å². The van der Waals surface area contributed by atoms with Crippen molar-refractivity contribution >= 4 is 23.6 Å². The van der Waals surface area contributed by atoms with Crippen LogP contribution in [0.3, 0.4) is 0 Å². The summed E-state index contributed by atoms with van der Waals surface area (Å²) in [6.07, 6.45) is 2.38. The van der Waals surface area contributed by atoms with Crippen molar-refractivity contribution in [3.8, 4) is 0 Å². The zero-order valence-electron chi connectivity index (χ0n) is 13.5. The number of carbonyl (C=O) groups excluding carboxylic acids is 1. The van der Waals surface area contributed by atoms with E-state index in [0.717, 1.165) is 18.5 Å². The first kappa shape index (κ1) is 16.8. The number of nitrogens with zero attached hydrogens (tertiary/aromatic N) is 3. The maximum atomic E-state index is 12.0. The second-order valence-corrected chi connectivity index (χ2v) is 6.99. The molecule has 1 aliphatic heterocycles. The Bertz CT molecular complexity index is 545. The molecule has 22 heavy (non-hydrogen) atoms. The lowest BCUT2D eigenvalue weighted by Crippen LogP contribution is -2.35. The molecule has 1 atom stereocenters. The van der Waals surface area contributed by atoms with Crippen LogP contribution in [-0.2, 0) is 4.74 Å². The van der Waals surface area contributed by atoms with Gasteiger partial charge in [0, 0.05) is 31.4 Å². The molecule has 0 radical (unpaired) electrons. The number of anilines is 1. The lowest BCUT2D eigenvalue weighted by atomic mass is 10.1. The number of amides is 1. The van der Waals surface area contributed by atoms with Gasteiger partial charge in [0.05, 0.1) is 0 Å². The molecule has 1 saturated heterocycles. The van der Waals surface area contributed by atoms with Gasteiger partial charge in [-0.2, -0.15) is 0 Å². The number of nitrogens with one attached hydrogen (secondary N) is 1. The fourth-order valence-corrected chi connectivity index (χ4v) is 2.36. The lowest BCUT2D eigenvalue weighted by molar-refractivity contribution is 0.0289. The predicted molar refractivity (Wildman–Crippen MR) is 86.2 cm³/mol. The van der Waals surface area contributed by atoms with Crippen molar-refractivity contribution in [2.45, 2.75) is 39.7 Å². The molecule has 0 aromatic carbocycles. The number of hydrogen-bond acceptors (Lipinski definition) is 5. The van der Waals surface area contributed by atoms with E-state index in [2.05, 4.69) is 15.3 Å². The highest BCUT2D eigenvalue weighted by molar-refractivity contribution is 6.30. The average molecular weight is 327 g/mol. The first-order valence-corrected chi connectivity index (χ1v) is 7.83. The molecular formula is C15H23ClN4O2. The van der Waals surface area contributed by atoms with Crippen LogP contribution in [0.1, 0.15) is 32.8 Å². The number of aryl methyl sites for hydroxylation is 1. The molecule has 0 spiro atoms. The molecule has 6 nitrogen and oxygen atoms in total. The molecule has 1 N–H and O–H groups in total. The van der Waals surface area contributed by atoms with Gasteiger partial charge in [0.1, 0.15) is 10.8 Å². The molecular weight excluding hydrogens is 304 g/mol. The standard InChI is InChI=1S/C15H23ClN4O2/c1-10-7-17-13(19-12(10)16)18-8-11-5-6-20(9-11)14(21)22-15(2,3)4/h7,11H,5-6,8-9H2,1-4H3,(H,17,18,19)/t11-/m1/s1. The van der Waals surface area contributed by atoms with Crippen LogP contribution >= 0.6 is 11.6 Å². The maximum absolute atomic E-state index is 12.0. The van der Waals surface area contributed by atoms with Gasteiger partial charge in [0.15, 0.2) is 0 Å². The molecule has 0 saturated carbocycles. The Balaban J connectivity index is 1.81.